The summed E-state index contributed by atoms with van der Waals surface area (Å²) < 4.78 is 6.28. The third-order valence-electron chi connectivity index (χ3n) is 7.42. The SMILES string of the molecule is CC(=O)c1c(C)c(C)c(C)c(OCC(C)CC(C)(C)C(C)ON2C(=O)c3ccccc3C2=O)c1C. The molecule has 2 atom stereocenters. The molecule has 0 aliphatic carbocycles. The molecule has 1 aliphatic heterocycles. The van der Waals surface area contributed by atoms with E-state index in [0.29, 0.717) is 17.7 Å². The molecule has 2 aromatic carbocycles. The molecule has 2 unspecified atom stereocenters. The standard InChI is InChI=1S/C29H37NO5/c1-16(15-34-26-19(4)17(2)18(3)25(20(26)5)21(6)31)14-29(8,9)22(7)35-30-27(32)23-12-10-11-13-24(23)28(30)33/h10-13,16,22H,14-15H2,1-9H3. The van der Waals surface area contributed by atoms with Gasteiger partial charge in [0.25, 0.3) is 11.8 Å². The van der Waals surface area contributed by atoms with Gasteiger partial charge < -0.3 is 4.74 Å². The number of carbonyl (C=O) groups excluding carboxylic acids is 3. The number of hydrogen-bond acceptors (Lipinski definition) is 5. The van der Waals surface area contributed by atoms with E-state index >= 15 is 0 Å². The van der Waals surface area contributed by atoms with Crippen molar-refractivity contribution in [2.45, 2.75) is 74.8 Å². The van der Waals surface area contributed by atoms with Crippen molar-refractivity contribution < 1.29 is 24.0 Å². The molecular weight excluding hydrogens is 442 g/mol. The van der Waals surface area contributed by atoms with Gasteiger partial charge in [0.2, 0.25) is 0 Å². The number of fused-ring (bicyclic) bond motifs is 1. The number of ether oxygens (including phenoxy) is 1. The Hall–Kier alpha value is -2.99. The first-order chi connectivity index (χ1) is 16.3. The highest BCUT2D eigenvalue weighted by Crippen LogP contribution is 2.36. The van der Waals surface area contributed by atoms with Crippen LogP contribution in [0.1, 0.15) is 94.4 Å². The molecule has 0 spiro atoms. The molecular formula is C29H37NO5. The molecule has 1 aliphatic rings. The fourth-order valence-corrected chi connectivity index (χ4v) is 4.97. The van der Waals surface area contributed by atoms with Gasteiger partial charge in [-0.25, -0.2) is 0 Å². The molecule has 0 saturated heterocycles. The van der Waals surface area contributed by atoms with Crippen molar-refractivity contribution in [2.75, 3.05) is 6.61 Å². The second-order valence-corrected chi connectivity index (χ2v) is 10.6. The Bertz CT molecular complexity index is 1150. The molecule has 3 rings (SSSR count). The van der Waals surface area contributed by atoms with Gasteiger partial charge >= 0.3 is 0 Å². The van der Waals surface area contributed by atoms with Crippen LogP contribution in [-0.4, -0.2) is 35.4 Å². The van der Waals surface area contributed by atoms with E-state index < -0.39 is 11.8 Å². The van der Waals surface area contributed by atoms with Crippen molar-refractivity contribution in [1.82, 2.24) is 5.06 Å². The van der Waals surface area contributed by atoms with Crippen LogP contribution in [-0.2, 0) is 4.84 Å². The first-order valence-electron chi connectivity index (χ1n) is 12.2. The highest BCUT2D eigenvalue weighted by atomic mass is 16.7. The summed E-state index contributed by atoms with van der Waals surface area (Å²) in [7, 11) is 0. The lowest BCUT2D eigenvalue weighted by molar-refractivity contribution is -0.162. The molecule has 0 fully saturated rings. The number of nitrogens with zero attached hydrogens (tertiary/aromatic N) is 1. The zero-order valence-electron chi connectivity index (χ0n) is 22.4. The van der Waals surface area contributed by atoms with Crippen molar-refractivity contribution in [1.29, 1.82) is 0 Å². The molecule has 0 radical (unpaired) electrons. The second-order valence-electron chi connectivity index (χ2n) is 10.6. The Morgan fingerprint density at radius 1 is 0.914 bits per heavy atom. The maximum atomic E-state index is 12.7. The number of ketones is 1. The van der Waals surface area contributed by atoms with Crippen LogP contribution >= 0.6 is 0 Å². The van der Waals surface area contributed by atoms with Crippen LogP contribution in [0.3, 0.4) is 0 Å². The quantitative estimate of drug-likeness (QED) is 0.318. The zero-order chi connectivity index (χ0) is 26.2. The maximum Gasteiger partial charge on any atom is 0.285 e. The van der Waals surface area contributed by atoms with Crippen molar-refractivity contribution in [2.24, 2.45) is 11.3 Å². The van der Waals surface area contributed by atoms with E-state index in [2.05, 4.69) is 20.8 Å². The first kappa shape index (κ1) is 26.6. The molecule has 0 bridgehead atoms. The predicted octanol–water partition coefficient (Wildman–Crippen LogP) is 6.17. The minimum Gasteiger partial charge on any atom is -0.493 e. The van der Waals surface area contributed by atoms with E-state index in [0.717, 1.165) is 45.1 Å². The fourth-order valence-electron chi connectivity index (χ4n) is 4.97. The molecule has 188 valence electrons. The third kappa shape index (κ3) is 5.03. The predicted molar refractivity (Wildman–Crippen MR) is 136 cm³/mol. The number of hydrogen-bond donors (Lipinski definition) is 0. The summed E-state index contributed by atoms with van der Waals surface area (Å²) in [5.41, 5.74) is 5.15. The van der Waals surface area contributed by atoms with Gasteiger partial charge in [0.1, 0.15) is 5.75 Å². The number of hydroxylamine groups is 2. The van der Waals surface area contributed by atoms with E-state index in [1.165, 1.54) is 0 Å². The van der Waals surface area contributed by atoms with Crippen molar-refractivity contribution in [3.05, 3.63) is 63.2 Å². The van der Waals surface area contributed by atoms with Crippen molar-refractivity contribution in [3.8, 4) is 5.75 Å². The largest absolute Gasteiger partial charge is 0.493 e. The summed E-state index contributed by atoms with van der Waals surface area (Å²) in [4.78, 5) is 43.5. The normalized spacial score (nSPS) is 15.3. The Morgan fingerprint density at radius 2 is 1.46 bits per heavy atom. The van der Waals surface area contributed by atoms with Crippen LogP contribution in [0.2, 0.25) is 0 Å². The average Bonchev–Trinajstić information content (AvgIpc) is 3.02. The lowest BCUT2D eigenvalue weighted by Gasteiger charge is -2.35. The van der Waals surface area contributed by atoms with Gasteiger partial charge in [-0.15, -0.1) is 5.06 Å². The monoisotopic (exact) mass is 479 g/mol. The first-order valence-corrected chi connectivity index (χ1v) is 12.2. The van der Waals surface area contributed by atoms with E-state index in [4.69, 9.17) is 9.57 Å². The third-order valence-corrected chi connectivity index (χ3v) is 7.42. The highest BCUT2D eigenvalue weighted by molar-refractivity contribution is 6.20. The molecule has 0 N–H and O–H groups in total. The summed E-state index contributed by atoms with van der Waals surface area (Å²) in [6, 6.07) is 6.76. The Labute approximate surface area is 208 Å². The molecule has 35 heavy (non-hydrogen) atoms. The summed E-state index contributed by atoms with van der Waals surface area (Å²) in [6.07, 6.45) is 0.362. The Kier molecular flexibility index (Phi) is 7.56. The highest BCUT2D eigenvalue weighted by Gasteiger charge is 2.40. The van der Waals surface area contributed by atoms with E-state index in [-0.39, 0.29) is 23.2 Å². The van der Waals surface area contributed by atoms with Gasteiger partial charge in [0.15, 0.2) is 5.78 Å². The maximum absolute atomic E-state index is 12.7. The number of benzene rings is 2. The Morgan fingerprint density at radius 3 is 1.97 bits per heavy atom. The van der Waals surface area contributed by atoms with Gasteiger partial charge in [0, 0.05) is 11.1 Å². The van der Waals surface area contributed by atoms with Crippen molar-refractivity contribution >= 4 is 17.6 Å². The molecule has 1 heterocycles. The number of rotatable bonds is 9. The lowest BCUT2D eigenvalue weighted by Crippen LogP contribution is -2.40. The summed E-state index contributed by atoms with van der Waals surface area (Å²) >= 11 is 0. The van der Waals surface area contributed by atoms with Gasteiger partial charge in [0.05, 0.1) is 23.8 Å². The summed E-state index contributed by atoms with van der Waals surface area (Å²) in [6.45, 7) is 18.2. The van der Waals surface area contributed by atoms with Crippen LogP contribution < -0.4 is 4.74 Å². The van der Waals surface area contributed by atoms with Gasteiger partial charge in [-0.05, 0) is 88.1 Å². The number of imide groups is 1. The average molecular weight is 480 g/mol. The molecule has 2 aromatic rings. The van der Waals surface area contributed by atoms with E-state index in [1.54, 1.807) is 31.2 Å². The van der Waals surface area contributed by atoms with E-state index in [1.807, 2.05) is 34.6 Å². The van der Waals surface area contributed by atoms with Gasteiger partial charge in [-0.1, -0.05) is 32.9 Å². The number of Topliss-reactive ketones (excluding diaryl/α,β-unsaturated/α-hetero) is 1. The molecule has 6 heteroatoms. The summed E-state index contributed by atoms with van der Waals surface area (Å²) in [5.74, 6) is 0.136. The second kappa shape index (κ2) is 9.94. The van der Waals surface area contributed by atoms with Crippen LogP contribution in [0, 0.1) is 39.0 Å². The van der Waals surface area contributed by atoms with Crippen molar-refractivity contribution in [3.63, 3.8) is 0 Å². The van der Waals surface area contributed by atoms with Gasteiger partial charge in [-0.2, -0.15) is 0 Å². The van der Waals surface area contributed by atoms with E-state index in [9.17, 15) is 14.4 Å². The summed E-state index contributed by atoms with van der Waals surface area (Å²) in [5, 5.41) is 0.892. The minimum absolute atomic E-state index is 0.0428. The molecule has 0 aromatic heterocycles. The molecule has 2 amide bonds. The smallest absolute Gasteiger partial charge is 0.285 e. The number of carbonyl (C=O) groups is 3. The molecule has 0 saturated carbocycles. The lowest BCUT2D eigenvalue weighted by atomic mass is 9.79. The van der Waals surface area contributed by atoms with Crippen LogP contribution in [0.4, 0.5) is 0 Å². The Balaban J connectivity index is 1.67. The fraction of sp³-hybridized carbons (Fsp3) is 0.483. The van der Waals surface area contributed by atoms with Crippen LogP contribution in [0.5, 0.6) is 5.75 Å². The van der Waals surface area contributed by atoms with Gasteiger partial charge in [-0.3, -0.25) is 19.2 Å². The number of amides is 2. The van der Waals surface area contributed by atoms with Crippen LogP contribution in [0.15, 0.2) is 24.3 Å². The minimum atomic E-state index is -0.424. The zero-order valence-corrected chi connectivity index (χ0v) is 22.4. The van der Waals surface area contributed by atoms with Crippen LogP contribution in [0.25, 0.3) is 0 Å². The molecule has 6 nitrogen and oxygen atoms in total. The topological polar surface area (TPSA) is 72.9 Å².